The van der Waals surface area contributed by atoms with Gasteiger partial charge in [0.2, 0.25) is 0 Å². The average Bonchev–Trinajstić information content (AvgIpc) is 2.00. The van der Waals surface area contributed by atoms with Crippen LogP contribution in [-0.2, 0) is 9.59 Å². The molecule has 0 radical (unpaired) electrons. The summed E-state index contributed by atoms with van der Waals surface area (Å²) in [6.07, 6.45) is 3.50. The van der Waals surface area contributed by atoms with Crippen LogP contribution < -0.4 is 0 Å². The van der Waals surface area contributed by atoms with Crippen LogP contribution in [0, 0.1) is 5.92 Å². The molecular weight excluding hydrogens is 164 g/mol. The van der Waals surface area contributed by atoms with Crippen molar-refractivity contribution in [1.82, 2.24) is 0 Å². The molecule has 0 aliphatic heterocycles. The van der Waals surface area contributed by atoms with E-state index >= 15 is 0 Å². The van der Waals surface area contributed by atoms with Gasteiger partial charge in [0, 0.05) is 19.3 Å². The first-order valence-corrected chi connectivity index (χ1v) is 5.03. The quantitative estimate of drug-likeness (QED) is 0.609. The van der Waals surface area contributed by atoms with Gasteiger partial charge >= 0.3 is 0 Å². The van der Waals surface area contributed by atoms with E-state index in [1.807, 2.05) is 0 Å². The molecule has 0 amide bonds. The summed E-state index contributed by atoms with van der Waals surface area (Å²) in [5, 5.41) is 0. The lowest BCUT2D eigenvalue weighted by atomic mass is 10.0. The van der Waals surface area contributed by atoms with E-state index in [-0.39, 0.29) is 5.78 Å². The van der Waals surface area contributed by atoms with Crippen LogP contribution in [0.25, 0.3) is 0 Å². The van der Waals surface area contributed by atoms with Crippen LogP contribution in [0.1, 0.15) is 52.9 Å². The molecule has 0 aromatic heterocycles. The molecule has 0 heterocycles. The van der Waals surface area contributed by atoms with Crippen molar-refractivity contribution in [2.75, 3.05) is 0 Å². The number of hydrogen-bond donors (Lipinski definition) is 0. The van der Waals surface area contributed by atoms with Gasteiger partial charge in [-0.3, -0.25) is 4.79 Å². The van der Waals surface area contributed by atoms with E-state index in [1.165, 1.54) is 0 Å². The fourth-order valence-corrected chi connectivity index (χ4v) is 1.11. The second-order valence-corrected chi connectivity index (χ2v) is 4.03. The highest BCUT2D eigenvalue weighted by molar-refractivity contribution is 5.80. The molecule has 0 fully saturated rings. The highest BCUT2D eigenvalue weighted by Gasteiger charge is 2.04. The summed E-state index contributed by atoms with van der Waals surface area (Å²) in [5.74, 6) is 1.07. The van der Waals surface area contributed by atoms with Crippen LogP contribution in [0.3, 0.4) is 0 Å². The number of carbonyl (C=O) groups excluding carboxylic acids is 2. The molecule has 0 spiro atoms. The SMILES string of the molecule is CC(=O)CCCC(=O)CCC(C)C. The van der Waals surface area contributed by atoms with Gasteiger partial charge in [0.15, 0.2) is 0 Å². The van der Waals surface area contributed by atoms with E-state index in [4.69, 9.17) is 0 Å². The Balaban J connectivity index is 3.35. The first kappa shape index (κ1) is 12.3. The summed E-state index contributed by atoms with van der Waals surface area (Å²) < 4.78 is 0. The van der Waals surface area contributed by atoms with Crippen molar-refractivity contribution in [3.05, 3.63) is 0 Å². The van der Waals surface area contributed by atoms with Crippen LogP contribution in [0.4, 0.5) is 0 Å². The Hall–Kier alpha value is -0.660. The van der Waals surface area contributed by atoms with Gasteiger partial charge in [0.05, 0.1) is 0 Å². The lowest BCUT2D eigenvalue weighted by molar-refractivity contribution is -0.119. The lowest BCUT2D eigenvalue weighted by Crippen LogP contribution is -2.01. The number of ketones is 2. The predicted octanol–water partition coefficient (Wildman–Crippen LogP) is 2.75. The van der Waals surface area contributed by atoms with Crippen LogP contribution in [0.15, 0.2) is 0 Å². The van der Waals surface area contributed by atoms with Crippen molar-refractivity contribution in [1.29, 1.82) is 0 Å². The molecule has 13 heavy (non-hydrogen) atoms. The average molecular weight is 184 g/mol. The van der Waals surface area contributed by atoms with Gasteiger partial charge in [-0.25, -0.2) is 0 Å². The number of Topliss-reactive ketones (excluding diaryl/α,β-unsaturated/α-hetero) is 2. The van der Waals surface area contributed by atoms with Crippen molar-refractivity contribution in [3.8, 4) is 0 Å². The van der Waals surface area contributed by atoms with Crippen molar-refractivity contribution in [3.63, 3.8) is 0 Å². The second kappa shape index (κ2) is 6.81. The molecule has 0 aliphatic rings. The van der Waals surface area contributed by atoms with Crippen molar-refractivity contribution < 1.29 is 9.59 Å². The van der Waals surface area contributed by atoms with Crippen molar-refractivity contribution in [2.45, 2.75) is 52.9 Å². The zero-order valence-corrected chi connectivity index (χ0v) is 8.93. The minimum absolute atomic E-state index is 0.177. The van der Waals surface area contributed by atoms with Gasteiger partial charge in [0.1, 0.15) is 11.6 Å². The van der Waals surface area contributed by atoms with E-state index in [1.54, 1.807) is 6.92 Å². The van der Waals surface area contributed by atoms with Crippen LogP contribution in [0.2, 0.25) is 0 Å². The molecular formula is C11H20O2. The lowest BCUT2D eigenvalue weighted by Gasteiger charge is -2.02. The minimum atomic E-state index is 0.177. The molecule has 0 unspecified atom stereocenters. The number of hydrogen-bond acceptors (Lipinski definition) is 2. The van der Waals surface area contributed by atoms with Crippen molar-refractivity contribution in [2.24, 2.45) is 5.92 Å². The summed E-state index contributed by atoms with van der Waals surface area (Å²) in [5.41, 5.74) is 0. The Kier molecular flexibility index (Phi) is 6.47. The first-order chi connectivity index (χ1) is 6.02. The monoisotopic (exact) mass is 184 g/mol. The zero-order valence-electron chi connectivity index (χ0n) is 8.93. The fraction of sp³-hybridized carbons (Fsp3) is 0.818. The maximum absolute atomic E-state index is 11.2. The molecule has 0 aromatic rings. The number of carbonyl (C=O) groups is 2. The minimum Gasteiger partial charge on any atom is -0.300 e. The molecule has 2 heteroatoms. The zero-order chi connectivity index (χ0) is 10.3. The maximum Gasteiger partial charge on any atom is 0.132 e. The van der Waals surface area contributed by atoms with Crippen LogP contribution in [0.5, 0.6) is 0 Å². The first-order valence-electron chi connectivity index (χ1n) is 5.03. The molecule has 2 nitrogen and oxygen atoms in total. The molecule has 0 aliphatic carbocycles. The summed E-state index contributed by atoms with van der Waals surface area (Å²) >= 11 is 0. The maximum atomic E-state index is 11.2. The van der Waals surface area contributed by atoms with E-state index in [0.717, 1.165) is 12.8 Å². The molecule has 0 saturated heterocycles. The third-order valence-electron chi connectivity index (χ3n) is 1.98. The Morgan fingerprint density at radius 1 is 1.08 bits per heavy atom. The van der Waals surface area contributed by atoms with Gasteiger partial charge in [-0.05, 0) is 25.7 Å². The molecule has 0 aromatic carbocycles. The topological polar surface area (TPSA) is 34.1 Å². The Bertz CT molecular complexity index is 171. The van der Waals surface area contributed by atoms with Crippen LogP contribution in [-0.4, -0.2) is 11.6 Å². The Morgan fingerprint density at radius 3 is 2.15 bits per heavy atom. The van der Waals surface area contributed by atoms with E-state index < -0.39 is 0 Å². The molecule has 76 valence electrons. The van der Waals surface area contributed by atoms with Gasteiger partial charge in [-0.2, -0.15) is 0 Å². The van der Waals surface area contributed by atoms with E-state index in [0.29, 0.717) is 31.0 Å². The van der Waals surface area contributed by atoms with E-state index in [2.05, 4.69) is 13.8 Å². The second-order valence-electron chi connectivity index (χ2n) is 4.03. The molecule has 0 saturated carbocycles. The third-order valence-corrected chi connectivity index (χ3v) is 1.98. The number of rotatable bonds is 7. The standard InChI is InChI=1S/C11H20O2/c1-9(2)7-8-11(13)6-4-5-10(3)12/h9H,4-8H2,1-3H3. The van der Waals surface area contributed by atoms with Crippen molar-refractivity contribution >= 4 is 11.6 Å². The third kappa shape index (κ3) is 9.25. The highest BCUT2D eigenvalue weighted by atomic mass is 16.1. The largest absolute Gasteiger partial charge is 0.300 e. The highest BCUT2D eigenvalue weighted by Crippen LogP contribution is 2.07. The summed E-state index contributed by atoms with van der Waals surface area (Å²) in [4.78, 5) is 21.8. The van der Waals surface area contributed by atoms with E-state index in [9.17, 15) is 9.59 Å². The fourth-order valence-electron chi connectivity index (χ4n) is 1.11. The van der Waals surface area contributed by atoms with Gasteiger partial charge in [-0.1, -0.05) is 13.8 Å². The smallest absolute Gasteiger partial charge is 0.132 e. The predicted molar refractivity (Wildman–Crippen MR) is 53.6 cm³/mol. The molecule has 0 rings (SSSR count). The van der Waals surface area contributed by atoms with Crippen LogP contribution >= 0.6 is 0 Å². The molecule has 0 N–H and O–H groups in total. The summed E-state index contributed by atoms with van der Waals surface area (Å²) in [6.45, 7) is 5.80. The normalized spacial score (nSPS) is 10.5. The molecule has 0 atom stereocenters. The summed E-state index contributed by atoms with van der Waals surface area (Å²) in [6, 6.07) is 0. The van der Waals surface area contributed by atoms with Gasteiger partial charge in [-0.15, -0.1) is 0 Å². The molecule has 0 bridgehead atoms. The summed E-state index contributed by atoms with van der Waals surface area (Å²) in [7, 11) is 0. The Labute approximate surface area is 80.7 Å². The Morgan fingerprint density at radius 2 is 1.69 bits per heavy atom. The van der Waals surface area contributed by atoms with Gasteiger partial charge < -0.3 is 4.79 Å². The van der Waals surface area contributed by atoms with Gasteiger partial charge in [0.25, 0.3) is 0 Å².